The lowest BCUT2D eigenvalue weighted by molar-refractivity contribution is -0.134. The zero-order valence-corrected chi connectivity index (χ0v) is 17.8. The van der Waals surface area contributed by atoms with E-state index in [1.54, 1.807) is 35.6 Å². The molecule has 160 valence electrons. The Hall–Kier alpha value is -2.64. The van der Waals surface area contributed by atoms with E-state index < -0.39 is 0 Å². The minimum atomic E-state index is -0.251. The molecule has 0 bridgehead atoms. The summed E-state index contributed by atoms with van der Waals surface area (Å²) in [7, 11) is 0. The smallest absolute Gasteiger partial charge is 0.226 e. The summed E-state index contributed by atoms with van der Waals surface area (Å²) >= 11 is 1.56. The first-order chi connectivity index (χ1) is 15.1. The highest BCUT2D eigenvalue weighted by Crippen LogP contribution is 2.49. The number of halogens is 2. The third-order valence-electron chi connectivity index (χ3n) is 6.12. The van der Waals surface area contributed by atoms with E-state index in [2.05, 4.69) is 9.88 Å². The van der Waals surface area contributed by atoms with Crippen LogP contribution in [0.2, 0.25) is 0 Å². The Morgan fingerprint density at radius 1 is 1.03 bits per heavy atom. The molecule has 1 aromatic heterocycles. The van der Waals surface area contributed by atoms with E-state index in [9.17, 15) is 13.6 Å². The first-order valence-electron chi connectivity index (χ1n) is 10.5. The summed E-state index contributed by atoms with van der Waals surface area (Å²) in [5.41, 5.74) is 2.58. The van der Waals surface area contributed by atoms with E-state index in [0.717, 1.165) is 42.3 Å². The number of benzene rings is 2. The molecule has 4 nitrogen and oxygen atoms in total. The quantitative estimate of drug-likeness (QED) is 0.586. The Morgan fingerprint density at radius 2 is 1.77 bits per heavy atom. The second-order valence-corrected chi connectivity index (χ2v) is 9.08. The van der Waals surface area contributed by atoms with E-state index >= 15 is 0 Å². The van der Waals surface area contributed by atoms with Gasteiger partial charge in [0, 0.05) is 49.6 Å². The van der Waals surface area contributed by atoms with Crippen LogP contribution >= 0.6 is 11.3 Å². The summed E-state index contributed by atoms with van der Waals surface area (Å²) in [4.78, 5) is 21.8. The van der Waals surface area contributed by atoms with Crippen molar-refractivity contribution in [1.82, 2.24) is 14.8 Å². The molecule has 1 amide bonds. The number of amides is 1. The molecular weight excluding hydrogens is 416 g/mol. The van der Waals surface area contributed by atoms with Crippen molar-refractivity contribution in [2.45, 2.75) is 18.9 Å². The molecule has 1 saturated heterocycles. The number of hydrogen-bond acceptors (Lipinski definition) is 4. The Bertz CT molecular complexity index is 1080. The summed E-state index contributed by atoms with van der Waals surface area (Å²) in [5, 5.41) is 2.93. The first kappa shape index (κ1) is 20.3. The normalized spacial score (nSPS) is 21.3. The van der Waals surface area contributed by atoms with Crippen LogP contribution in [0.25, 0.3) is 10.6 Å². The molecule has 5 rings (SSSR count). The van der Waals surface area contributed by atoms with Gasteiger partial charge in [0.05, 0.1) is 5.69 Å². The zero-order valence-electron chi connectivity index (χ0n) is 17.0. The van der Waals surface area contributed by atoms with Gasteiger partial charge in [-0.25, -0.2) is 13.8 Å². The van der Waals surface area contributed by atoms with Gasteiger partial charge < -0.3 is 4.90 Å². The third-order valence-corrected chi connectivity index (χ3v) is 7.06. The summed E-state index contributed by atoms with van der Waals surface area (Å²) in [6.07, 6.45) is 0.741. The van der Waals surface area contributed by atoms with Crippen LogP contribution in [-0.2, 0) is 11.3 Å². The topological polar surface area (TPSA) is 36.4 Å². The maximum absolute atomic E-state index is 14.0. The van der Waals surface area contributed by atoms with Crippen molar-refractivity contribution in [2.24, 2.45) is 5.92 Å². The van der Waals surface area contributed by atoms with Crippen LogP contribution < -0.4 is 0 Å². The number of thiazole rings is 1. The van der Waals surface area contributed by atoms with Crippen LogP contribution in [-0.4, -0.2) is 46.9 Å². The van der Waals surface area contributed by atoms with Gasteiger partial charge in [0.1, 0.15) is 16.6 Å². The van der Waals surface area contributed by atoms with Gasteiger partial charge in [0.25, 0.3) is 0 Å². The van der Waals surface area contributed by atoms with Crippen LogP contribution in [0, 0.1) is 17.6 Å². The molecule has 0 N–H and O–H groups in total. The van der Waals surface area contributed by atoms with Crippen molar-refractivity contribution in [3.63, 3.8) is 0 Å². The predicted octanol–water partition coefficient (Wildman–Crippen LogP) is 4.54. The van der Waals surface area contributed by atoms with E-state index in [-0.39, 0.29) is 29.4 Å². The van der Waals surface area contributed by atoms with Crippen LogP contribution in [0.4, 0.5) is 8.78 Å². The fourth-order valence-corrected chi connectivity index (χ4v) is 5.10. The van der Waals surface area contributed by atoms with Gasteiger partial charge in [-0.1, -0.05) is 18.2 Å². The number of hydrogen-bond donors (Lipinski definition) is 0. The highest BCUT2D eigenvalue weighted by atomic mass is 32.1. The average molecular weight is 440 g/mol. The van der Waals surface area contributed by atoms with Gasteiger partial charge in [0.2, 0.25) is 5.91 Å². The molecule has 2 aliphatic rings. The summed E-state index contributed by atoms with van der Waals surface area (Å²) in [6, 6.07) is 13.2. The standard InChI is InChI=1S/C24H23F2N3OS/c25-17-7-5-16(6-8-17)23-27-18(15-31-23)14-28-9-11-29(12-10-28)24(30)21-13-20(21)19-3-1-2-4-22(19)26/h1-8,15,20-21H,9-14H2. The monoisotopic (exact) mass is 439 g/mol. The van der Waals surface area contributed by atoms with Crippen LogP contribution in [0.3, 0.4) is 0 Å². The minimum absolute atomic E-state index is 0.0200. The maximum Gasteiger partial charge on any atom is 0.226 e. The minimum Gasteiger partial charge on any atom is -0.340 e. The number of carbonyl (C=O) groups is 1. The van der Waals surface area contributed by atoms with Gasteiger partial charge in [0.15, 0.2) is 0 Å². The molecule has 2 fully saturated rings. The van der Waals surface area contributed by atoms with Gasteiger partial charge >= 0.3 is 0 Å². The lowest BCUT2D eigenvalue weighted by atomic mass is 10.1. The molecule has 7 heteroatoms. The number of rotatable bonds is 5. The summed E-state index contributed by atoms with van der Waals surface area (Å²) in [5.74, 6) is -0.373. The lowest BCUT2D eigenvalue weighted by Crippen LogP contribution is -2.48. The van der Waals surface area contributed by atoms with Crippen LogP contribution in [0.1, 0.15) is 23.6 Å². The lowest BCUT2D eigenvalue weighted by Gasteiger charge is -2.34. The van der Waals surface area contributed by atoms with Crippen molar-refractivity contribution in [3.05, 3.63) is 76.8 Å². The molecule has 2 heterocycles. The Kier molecular flexibility index (Phi) is 5.54. The van der Waals surface area contributed by atoms with E-state index in [1.807, 2.05) is 16.3 Å². The molecule has 1 saturated carbocycles. The van der Waals surface area contributed by atoms with Crippen molar-refractivity contribution < 1.29 is 13.6 Å². The molecule has 2 atom stereocenters. The van der Waals surface area contributed by atoms with Crippen LogP contribution in [0.5, 0.6) is 0 Å². The molecule has 2 aromatic carbocycles. The summed E-state index contributed by atoms with van der Waals surface area (Å²) < 4.78 is 27.1. The van der Waals surface area contributed by atoms with Crippen molar-refractivity contribution in [1.29, 1.82) is 0 Å². The molecule has 2 unspecified atom stereocenters. The molecule has 1 aliphatic heterocycles. The van der Waals surface area contributed by atoms with Crippen LogP contribution in [0.15, 0.2) is 53.9 Å². The number of aromatic nitrogens is 1. The fraction of sp³-hybridized carbons (Fsp3) is 0.333. The van der Waals surface area contributed by atoms with E-state index in [4.69, 9.17) is 0 Å². The van der Waals surface area contributed by atoms with Crippen molar-refractivity contribution >= 4 is 17.2 Å². The van der Waals surface area contributed by atoms with E-state index in [0.29, 0.717) is 18.7 Å². The second kappa shape index (κ2) is 8.48. The van der Waals surface area contributed by atoms with E-state index in [1.165, 1.54) is 18.2 Å². The molecule has 31 heavy (non-hydrogen) atoms. The number of nitrogens with zero attached hydrogens (tertiary/aromatic N) is 3. The predicted molar refractivity (Wildman–Crippen MR) is 117 cm³/mol. The molecule has 0 radical (unpaired) electrons. The number of carbonyl (C=O) groups excluding carboxylic acids is 1. The van der Waals surface area contributed by atoms with Crippen molar-refractivity contribution in [3.8, 4) is 10.6 Å². The SMILES string of the molecule is O=C(C1CC1c1ccccc1F)N1CCN(Cc2csc(-c3ccc(F)cc3)n2)CC1. The van der Waals surface area contributed by atoms with Gasteiger partial charge in [-0.3, -0.25) is 9.69 Å². The third kappa shape index (κ3) is 4.38. The Morgan fingerprint density at radius 3 is 2.52 bits per heavy atom. The van der Waals surface area contributed by atoms with Gasteiger partial charge in [-0.05, 0) is 48.2 Å². The average Bonchev–Trinajstić information content (AvgIpc) is 3.45. The largest absolute Gasteiger partial charge is 0.340 e. The first-order valence-corrected chi connectivity index (χ1v) is 11.4. The molecule has 1 aliphatic carbocycles. The zero-order chi connectivity index (χ0) is 21.4. The Balaban J connectivity index is 1.13. The summed E-state index contributed by atoms with van der Waals surface area (Å²) in [6.45, 7) is 3.71. The van der Waals surface area contributed by atoms with Gasteiger partial charge in [-0.2, -0.15) is 0 Å². The second-order valence-electron chi connectivity index (χ2n) is 8.22. The highest BCUT2D eigenvalue weighted by molar-refractivity contribution is 7.13. The van der Waals surface area contributed by atoms with Crippen molar-refractivity contribution in [2.75, 3.05) is 26.2 Å². The van der Waals surface area contributed by atoms with Gasteiger partial charge in [-0.15, -0.1) is 11.3 Å². The molecular formula is C24H23F2N3OS. The highest BCUT2D eigenvalue weighted by Gasteiger charge is 2.47. The fourth-order valence-electron chi connectivity index (χ4n) is 4.28. The molecule has 0 spiro atoms. The number of piperazine rings is 1. The maximum atomic E-state index is 14.0. The Labute approximate surface area is 184 Å². The molecule has 3 aromatic rings.